The van der Waals surface area contributed by atoms with Crippen molar-refractivity contribution in [3.05, 3.63) is 75.6 Å². The van der Waals surface area contributed by atoms with Crippen LogP contribution in [0.4, 0.5) is 0 Å². The van der Waals surface area contributed by atoms with Crippen molar-refractivity contribution in [2.24, 2.45) is 0 Å². The van der Waals surface area contributed by atoms with Crippen molar-refractivity contribution in [3.63, 3.8) is 0 Å². The molecule has 2 aromatic carbocycles. The highest BCUT2D eigenvalue weighted by atomic mass is 28.4. The molecule has 1 atom stereocenters. The SMILES string of the molecule is CC(C)(C)[Si](C)(C)O[C@H](CNC1CCN(CCC(=O)NCc2ccc(C#N)cc2)CC1)c1ccc(O)c2[nH]c(=O)ccc12. The van der Waals surface area contributed by atoms with Gasteiger partial charge in [0.05, 0.1) is 23.3 Å². The number of hydrogen-bond donors (Lipinski definition) is 4. The van der Waals surface area contributed by atoms with E-state index in [4.69, 9.17) is 9.69 Å². The van der Waals surface area contributed by atoms with Crippen LogP contribution in [0.3, 0.4) is 0 Å². The average Bonchev–Trinajstić information content (AvgIpc) is 2.98. The predicted molar refractivity (Wildman–Crippen MR) is 172 cm³/mol. The molecule has 230 valence electrons. The van der Waals surface area contributed by atoms with Crippen LogP contribution in [0.2, 0.25) is 18.1 Å². The molecule has 4 rings (SSSR count). The average molecular weight is 604 g/mol. The Hall–Kier alpha value is -3.49. The van der Waals surface area contributed by atoms with Gasteiger partial charge in [-0.05, 0) is 79.5 Å². The third-order valence-corrected chi connectivity index (χ3v) is 13.4. The van der Waals surface area contributed by atoms with E-state index in [2.05, 4.69) is 60.5 Å². The van der Waals surface area contributed by atoms with Crippen LogP contribution in [-0.4, -0.2) is 61.4 Å². The fourth-order valence-electron chi connectivity index (χ4n) is 5.17. The number of aromatic hydroxyl groups is 1. The van der Waals surface area contributed by atoms with E-state index in [-0.39, 0.29) is 28.4 Å². The molecular formula is C33H45N5O4Si. The summed E-state index contributed by atoms with van der Waals surface area (Å²) in [4.78, 5) is 29.5. The molecule has 2 heterocycles. The highest BCUT2D eigenvalue weighted by Gasteiger charge is 2.40. The number of fused-ring (bicyclic) bond motifs is 1. The number of nitrogens with one attached hydrogen (secondary N) is 3. The topological polar surface area (TPSA) is 130 Å². The highest BCUT2D eigenvalue weighted by Crippen LogP contribution is 2.41. The first-order chi connectivity index (χ1) is 20.4. The molecule has 0 aliphatic carbocycles. The quantitative estimate of drug-likeness (QED) is 0.229. The summed E-state index contributed by atoms with van der Waals surface area (Å²) in [5.41, 5.74) is 2.71. The second-order valence-corrected chi connectivity index (χ2v) is 17.8. The molecule has 1 saturated heterocycles. The van der Waals surface area contributed by atoms with Crippen molar-refractivity contribution in [3.8, 4) is 11.8 Å². The Bertz CT molecular complexity index is 1500. The number of benzene rings is 2. The zero-order valence-electron chi connectivity index (χ0n) is 26.0. The molecule has 4 N–H and O–H groups in total. The second-order valence-electron chi connectivity index (χ2n) is 13.0. The first-order valence-corrected chi connectivity index (χ1v) is 18.0. The lowest BCUT2D eigenvalue weighted by Crippen LogP contribution is -2.47. The summed E-state index contributed by atoms with van der Waals surface area (Å²) >= 11 is 0. The maximum absolute atomic E-state index is 12.4. The summed E-state index contributed by atoms with van der Waals surface area (Å²) < 4.78 is 6.94. The summed E-state index contributed by atoms with van der Waals surface area (Å²) in [7, 11) is -2.15. The van der Waals surface area contributed by atoms with Crippen LogP contribution in [0.1, 0.15) is 62.8 Å². The third-order valence-electron chi connectivity index (χ3n) is 8.90. The van der Waals surface area contributed by atoms with E-state index < -0.39 is 8.32 Å². The van der Waals surface area contributed by atoms with Crippen LogP contribution in [0.5, 0.6) is 5.75 Å². The van der Waals surface area contributed by atoms with Crippen molar-refractivity contribution in [2.75, 3.05) is 26.2 Å². The molecule has 0 bridgehead atoms. The molecule has 1 amide bonds. The number of phenolic OH excluding ortho intramolecular Hbond substituents is 1. The molecule has 43 heavy (non-hydrogen) atoms. The molecule has 0 unspecified atom stereocenters. The van der Waals surface area contributed by atoms with Gasteiger partial charge in [-0.1, -0.05) is 39.0 Å². The van der Waals surface area contributed by atoms with E-state index in [1.54, 1.807) is 24.3 Å². The van der Waals surface area contributed by atoms with Gasteiger partial charge in [-0.2, -0.15) is 5.26 Å². The van der Waals surface area contributed by atoms with Crippen molar-refractivity contribution >= 4 is 25.1 Å². The van der Waals surface area contributed by atoms with Crippen molar-refractivity contribution < 1.29 is 14.3 Å². The Labute approximate surface area is 255 Å². The number of phenols is 1. The summed E-state index contributed by atoms with van der Waals surface area (Å²) in [6.45, 7) is 14.8. The molecule has 0 spiro atoms. The molecule has 1 aromatic heterocycles. The van der Waals surface area contributed by atoms with E-state index in [1.165, 1.54) is 6.07 Å². The third kappa shape index (κ3) is 8.54. The Morgan fingerprint density at radius 3 is 2.49 bits per heavy atom. The van der Waals surface area contributed by atoms with Crippen molar-refractivity contribution in [2.45, 2.75) is 76.9 Å². The van der Waals surface area contributed by atoms with Gasteiger partial charge in [0.2, 0.25) is 11.5 Å². The number of likely N-dealkylation sites (tertiary alicyclic amines) is 1. The molecule has 10 heteroatoms. The number of hydrogen-bond acceptors (Lipinski definition) is 7. The fraction of sp³-hybridized carbons (Fsp3) is 0.485. The molecule has 1 fully saturated rings. The van der Waals surface area contributed by atoms with Gasteiger partial charge in [0, 0.05) is 43.5 Å². The summed E-state index contributed by atoms with van der Waals surface area (Å²) in [6.07, 6.45) is 2.16. The first-order valence-electron chi connectivity index (χ1n) is 15.1. The molecule has 3 aromatic rings. The first kappa shape index (κ1) is 32.4. The fourth-order valence-corrected chi connectivity index (χ4v) is 6.44. The molecule has 0 radical (unpaired) electrons. The van der Waals surface area contributed by atoms with Crippen LogP contribution in [0, 0.1) is 11.3 Å². The molecule has 9 nitrogen and oxygen atoms in total. The van der Waals surface area contributed by atoms with E-state index in [0.717, 1.165) is 49.0 Å². The number of amides is 1. The number of pyridine rings is 1. The Morgan fingerprint density at radius 2 is 1.84 bits per heavy atom. The van der Waals surface area contributed by atoms with Crippen molar-refractivity contribution in [1.29, 1.82) is 5.26 Å². The van der Waals surface area contributed by atoms with Gasteiger partial charge in [0.15, 0.2) is 8.32 Å². The van der Waals surface area contributed by atoms with Gasteiger partial charge in [-0.25, -0.2) is 0 Å². The van der Waals surface area contributed by atoms with E-state index >= 15 is 0 Å². The number of aromatic nitrogens is 1. The number of carbonyl (C=O) groups is 1. The molecular weight excluding hydrogens is 558 g/mol. The van der Waals surface area contributed by atoms with Gasteiger partial charge in [-0.15, -0.1) is 0 Å². The van der Waals surface area contributed by atoms with Gasteiger partial charge in [0.1, 0.15) is 5.75 Å². The van der Waals surface area contributed by atoms with E-state index in [0.29, 0.717) is 36.6 Å². The number of carbonyl (C=O) groups excluding carboxylic acids is 1. The minimum absolute atomic E-state index is 0.0198. The zero-order chi connectivity index (χ0) is 31.2. The molecule has 1 aliphatic rings. The summed E-state index contributed by atoms with van der Waals surface area (Å²) in [6, 6.07) is 16.5. The van der Waals surface area contributed by atoms with E-state index in [9.17, 15) is 14.7 Å². The number of piperidine rings is 1. The lowest BCUT2D eigenvalue weighted by atomic mass is 10.0. The van der Waals surface area contributed by atoms with Crippen LogP contribution in [0.15, 0.2) is 53.3 Å². The number of aromatic amines is 1. The standard InChI is InChI=1S/C33H45N5O4Si/c1-33(2,3)43(4,5)42-29(26-10-12-28(39)32-27(26)11-13-31(41)37-32)22-35-25-14-17-38(18-15-25)19-16-30(40)36-21-24-8-6-23(20-34)7-9-24/h6-13,25,29,35,39H,14-19,21-22H2,1-5H3,(H,36,40)(H,37,41)/t29-/m1/s1. The lowest BCUT2D eigenvalue weighted by molar-refractivity contribution is -0.121. The Balaban J connectivity index is 1.32. The minimum atomic E-state index is -2.15. The van der Waals surface area contributed by atoms with Crippen molar-refractivity contribution in [1.82, 2.24) is 20.5 Å². The van der Waals surface area contributed by atoms with Crippen LogP contribution in [-0.2, 0) is 15.8 Å². The second kappa shape index (κ2) is 13.9. The molecule has 0 saturated carbocycles. The minimum Gasteiger partial charge on any atom is -0.506 e. The largest absolute Gasteiger partial charge is 0.506 e. The summed E-state index contributed by atoms with van der Waals surface area (Å²) in [5, 5.41) is 26.9. The van der Waals surface area contributed by atoms with Crippen LogP contribution < -0.4 is 16.2 Å². The van der Waals surface area contributed by atoms with Crippen LogP contribution >= 0.6 is 0 Å². The van der Waals surface area contributed by atoms with Gasteiger partial charge in [0.25, 0.3) is 0 Å². The maximum Gasteiger partial charge on any atom is 0.248 e. The van der Waals surface area contributed by atoms with Gasteiger partial charge >= 0.3 is 0 Å². The van der Waals surface area contributed by atoms with Crippen LogP contribution in [0.25, 0.3) is 10.9 Å². The Morgan fingerprint density at radius 1 is 1.14 bits per heavy atom. The molecule has 1 aliphatic heterocycles. The Kier molecular flexibility index (Phi) is 10.5. The smallest absolute Gasteiger partial charge is 0.248 e. The monoisotopic (exact) mass is 603 g/mol. The van der Waals surface area contributed by atoms with Gasteiger partial charge in [-0.3, -0.25) is 9.59 Å². The normalized spacial score (nSPS) is 15.7. The number of H-pyrrole nitrogens is 1. The number of nitrogens with zero attached hydrogens (tertiary/aromatic N) is 2. The van der Waals surface area contributed by atoms with Gasteiger partial charge < -0.3 is 30.0 Å². The zero-order valence-corrected chi connectivity index (χ0v) is 27.0. The lowest BCUT2D eigenvalue weighted by Gasteiger charge is -2.40. The number of nitriles is 1. The highest BCUT2D eigenvalue weighted by molar-refractivity contribution is 6.74. The maximum atomic E-state index is 12.4. The number of rotatable bonds is 11. The predicted octanol–water partition coefficient (Wildman–Crippen LogP) is 4.93. The van der Waals surface area contributed by atoms with E-state index in [1.807, 2.05) is 18.2 Å². The summed E-state index contributed by atoms with van der Waals surface area (Å²) in [5.74, 6) is 0.0727.